The minimum Gasteiger partial charge on any atom is -0.341 e. The second-order valence-corrected chi connectivity index (χ2v) is 7.06. The summed E-state index contributed by atoms with van der Waals surface area (Å²) in [5, 5.41) is 0. The SMILES string of the molecule is C[C@H](C(=O)N1CCCCC1)N1CCN(C(=O)C2CC=CC2)CC1. The van der Waals surface area contributed by atoms with Crippen molar-refractivity contribution < 1.29 is 9.59 Å². The normalized spacial score (nSPS) is 24.9. The first-order chi connectivity index (χ1) is 11.2. The van der Waals surface area contributed by atoms with Crippen LogP contribution >= 0.6 is 0 Å². The van der Waals surface area contributed by atoms with Crippen molar-refractivity contribution in [2.24, 2.45) is 5.92 Å². The smallest absolute Gasteiger partial charge is 0.239 e. The zero-order valence-electron chi connectivity index (χ0n) is 14.2. The van der Waals surface area contributed by atoms with Gasteiger partial charge in [0, 0.05) is 45.2 Å². The Labute approximate surface area is 139 Å². The minimum absolute atomic E-state index is 0.0569. The summed E-state index contributed by atoms with van der Waals surface area (Å²) in [4.78, 5) is 31.3. The Morgan fingerprint density at radius 1 is 0.870 bits per heavy atom. The van der Waals surface area contributed by atoms with Crippen LogP contribution in [0.5, 0.6) is 0 Å². The average molecular weight is 319 g/mol. The lowest BCUT2D eigenvalue weighted by molar-refractivity contribution is -0.140. The van der Waals surface area contributed by atoms with Gasteiger partial charge in [-0.15, -0.1) is 0 Å². The Kier molecular flexibility index (Phi) is 5.36. The van der Waals surface area contributed by atoms with Gasteiger partial charge in [0.2, 0.25) is 11.8 Å². The number of rotatable bonds is 3. The summed E-state index contributed by atoms with van der Waals surface area (Å²) in [5.41, 5.74) is 0. The van der Waals surface area contributed by atoms with Crippen LogP contribution in [0.3, 0.4) is 0 Å². The van der Waals surface area contributed by atoms with Crippen LogP contribution in [0.2, 0.25) is 0 Å². The van der Waals surface area contributed by atoms with Crippen molar-refractivity contribution in [2.75, 3.05) is 39.3 Å². The zero-order chi connectivity index (χ0) is 16.2. The summed E-state index contributed by atoms with van der Waals surface area (Å²) < 4.78 is 0. The highest BCUT2D eigenvalue weighted by Gasteiger charge is 2.32. The van der Waals surface area contributed by atoms with E-state index >= 15 is 0 Å². The van der Waals surface area contributed by atoms with Crippen molar-refractivity contribution in [2.45, 2.75) is 45.1 Å². The lowest BCUT2D eigenvalue weighted by Gasteiger charge is -2.40. The molecule has 2 fully saturated rings. The molecule has 0 bridgehead atoms. The molecule has 0 N–H and O–H groups in total. The van der Waals surface area contributed by atoms with Crippen LogP contribution < -0.4 is 0 Å². The summed E-state index contributed by atoms with van der Waals surface area (Å²) in [6, 6.07) is -0.0569. The molecule has 2 saturated heterocycles. The Morgan fingerprint density at radius 2 is 1.48 bits per heavy atom. The number of allylic oxidation sites excluding steroid dienone is 2. The Hall–Kier alpha value is -1.36. The van der Waals surface area contributed by atoms with E-state index in [-0.39, 0.29) is 17.9 Å². The Balaban J connectivity index is 1.47. The van der Waals surface area contributed by atoms with Crippen LogP contribution in [-0.4, -0.2) is 71.8 Å². The number of piperidine rings is 1. The van der Waals surface area contributed by atoms with Crippen LogP contribution in [0.4, 0.5) is 0 Å². The molecular formula is C18H29N3O2. The van der Waals surface area contributed by atoms with E-state index in [0.29, 0.717) is 5.91 Å². The van der Waals surface area contributed by atoms with Crippen LogP contribution in [0, 0.1) is 5.92 Å². The molecular weight excluding hydrogens is 290 g/mol. The number of likely N-dealkylation sites (tertiary alicyclic amines) is 1. The minimum atomic E-state index is -0.0569. The van der Waals surface area contributed by atoms with Crippen molar-refractivity contribution in [1.29, 1.82) is 0 Å². The van der Waals surface area contributed by atoms with Gasteiger partial charge in [0.15, 0.2) is 0 Å². The molecule has 2 aliphatic heterocycles. The monoisotopic (exact) mass is 319 g/mol. The highest BCUT2D eigenvalue weighted by atomic mass is 16.2. The molecule has 23 heavy (non-hydrogen) atoms. The van der Waals surface area contributed by atoms with Crippen LogP contribution in [-0.2, 0) is 9.59 Å². The van der Waals surface area contributed by atoms with E-state index in [1.165, 1.54) is 6.42 Å². The quantitative estimate of drug-likeness (QED) is 0.741. The molecule has 0 aromatic heterocycles. The fraction of sp³-hybridized carbons (Fsp3) is 0.778. The van der Waals surface area contributed by atoms with Crippen LogP contribution in [0.1, 0.15) is 39.0 Å². The summed E-state index contributed by atoms with van der Waals surface area (Å²) in [6.45, 7) is 6.99. The maximum atomic E-state index is 12.6. The fourth-order valence-electron chi connectivity index (χ4n) is 3.94. The Bertz CT molecular complexity index is 455. The van der Waals surface area contributed by atoms with Crippen molar-refractivity contribution >= 4 is 11.8 Å². The second-order valence-electron chi connectivity index (χ2n) is 7.06. The molecule has 0 aromatic rings. The van der Waals surface area contributed by atoms with Gasteiger partial charge in [0.25, 0.3) is 0 Å². The van der Waals surface area contributed by atoms with Gasteiger partial charge in [0.1, 0.15) is 0 Å². The van der Waals surface area contributed by atoms with Gasteiger partial charge >= 0.3 is 0 Å². The Morgan fingerprint density at radius 3 is 2.09 bits per heavy atom. The second kappa shape index (κ2) is 7.47. The van der Waals surface area contributed by atoms with Gasteiger partial charge < -0.3 is 9.80 Å². The molecule has 128 valence electrons. The number of hydrogen-bond donors (Lipinski definition) is 0. The number of amides is 2. The molecule has 3 aliphatic rings. The van der Waals surface area contributed by atoms with Gasteiger partial charge in [-0.3, -0.25) is 14.5 Å². The van der Waals surface area contributed by atoms with Gasteiger partial charge in [-0.25, -0.2) is 0 Å². The summed E-state index contributed by atoms with van der Waals surface area (Å²) in [7, 11) is 0. The first-order valence-electron chi connectivity index (χ1n) is 9.13. The van der Waals surface area contributed by atoms with Gasteiger partial charge in [0.05, 0.1) is 6.04 Å². The largest absolute Gasteiger partial charge is 0.341 e. The predicted molar refractivity (Wildman–Crippen MR) is 89.9 cm³/mol. The number of hydrogen-bond acceptors (Lipinski definition) is 3. The summed E-state index contributed by atoms with van der Waals surface area (Å²) >= 11 is 0. The third-order valence-electron chi connectivity index (χ3n) is 5.56. The van der Waals surface area contributed by atoms with Crippen molar-refractivity contribution in [1.82, 2.24) is 14.7 Å². The standard InChI is InChI=1S/C18H29N3O2/c1-15(17(22)20-9-5-2-6-10-20)19-11-13-21(14-12-19)18(23)16-7-3-4-8-16/h3-4,15-16H,2,5-14H2,1H3/t15-/m1/s1. The first-order valence-corrected chi connectivity index (χ1v) is 9.13. The van der Waals surface area contributed by atoms with Gasteiger partial charge in [-0.1, -0.05) is 12.2 Å². The van der Waals surface area contributed by atoms with E-state index < -0.39 is 0 Å². The molecule has 0 unspecified atom stereocenters. The molecule has 2 amide bonds. The molecule has 1 atom stereocenters. The van der Waals surface area contributed by atoms with E-state index in [0.717, 1.165) is 65.0 Å². The number of carbonyl (C=O) groups excluding carboxylic acids is 2. The van der Waals surface area contributed by atoms with Crippen molar-refractivity contribution in [3.05, 3.63) is 12.2 Å². The maximum absolute atomic E-state index is 12.6. The molecule has 5 heteroatoms. The van der Waals surface area contributed by atoms with E-state index in [1.54, 1.807) is 0 Å². The van der Waals surface area contributed by atoms with E-state index in [9.17, 15) is 9.59 Å². The topological polar surface area (TPSA) is 43.9 Å². The number of nitrogens with zero attached hydrogens (tertiary/aromatic N) is 3. The van der Waals surface area contributed by atoms with E-state index in [2.05, 4.69) is 17.1 Å². The first kappa shape index (κ1) is 16.5. The summed E-state index contributed by atoms with van der Waals surface area (Å²) in [6.07, 6.45) is 9.52. The highest BCUT2D eigenvalue weighted by molar-refractivity contribution is 5.82. The third-order valence-corrected chi connectivity index (χ3v) is 5.56. The number of carbonyl (C=O) groups is 2. The zero-order valence-corrected chi connectivity index (χ0v) is 14.2. The van der Waals surface area contributed by atoms with E-state index in [4.69, 9.17) is 0 Å². The number of piperazine rings is 1. The van der Waals surface area contributed by atoms with Crippen molar-refractivity contribution in [3.63, 3.8) is 0 Å². The maximum Gasteiger partial charge on any atom is 0.239 e. The molecule has 0 radical (unpaired) electrons. The van der Waals surface area contributed by atoms with Crippen LogP contribution in [0.15, 0.2) is 12.2 Å². The molecule has 2 heterocycles. The third kappa shape index (κ3) is 3.77. The molecule has 1 aliphatic carbocycles. The lowest BCUT2D eigenvalue weighted by atomic mass is 10.0. The summed E-state index contributed by atoms with van der Waals surface area (Å²) in [5.74, 6) is 0.725. The van der Waals surface area contributed by atoms with Crippen LogP contribution in [0.25, 0.3) is 0 Å². The van der Waals surface area contributed by atoms with E-state index in [1.807, 2.05) is 16.7 Å². The molecule has 3 rings (SSSR count). The van der Waals surface area contributed by atoms with Gasteiger partial charge in [-0.05, 0) is 39.0 Å². The highest BCUT2D eigenvalue weighted by Crippen LogP contribution is 2.21. The molecule has 0 aromatic carbocycles. The molecule has 0 saturated carbocycles. The molecule has 5 nitrogen and oxygen atoms in total. The lowest BCUT2D eigenvalue weighted by Crippen LogP contribution is -2.56. The van der Waals surface area contributed by atoms with Gasteiger partial charge in [-0.2, -0.15) is 0 Å². The predicted octanol–water partition coefficient (Wildman–Crippen LogP) is 1.50. The average Bonchev–Trinajstić information content (AvgIpc) is 3.15. The molecule has 0 spiro atoms. The van der Waals surface area contributed by atoms with Crippen molar-refractivity contribution in [3.8, 4) is 0 Å². The fourth-order valence-corrected chi connectivity index (χ4v) is 3.94.